The molecule has 3 aromatic carbocycles. The molecule has 3 aromatic rings. The van der Waals surface area contributed by atoms with E-state index in [-0.39, 0.29) is 17.8 Å². The molecule has 5 heteroatoms. The lowest BCUT2D eigenvalue weighted by atomic mass is 9.91. The van der Waals surface area contributed by atoms with Crippen LogP contribution in [0.2, 0.25) is 0 Å². The number of nitrogens with one attached hydrogen (secondary N) is 1. The number of halogens is 1. The summed E-state index contributed by atoms with van der Waals surface area (Å²) in [5.74, 6) is -0.125. The minimum atomic E-state index is -0.233. The highest BCUT2D eigenvalue weighted by Gasteiger charge is 2.22. The van der Waals surface area contributed by atoms with Gasteiger partial charge in [0.15, 0.2) is 0 Å². The number of carbonyl (C=O) groups is 1. The Bertz CT molecular complexity index is 900. The average Bonchev–Trinajstić information content (AvgIpc) is 2.81. The molecule has 0 aromatic heterocycles. The van der Waals surface area contributed by atoms with Crippen LogP contribution in [0.3, 0.4) is 0 Å². The molecular weight excluding hydrogens is 377 g/mol. The van der Waals surface area contributed by atoms with Crippen LogP contribution in [0.4, 0.5) is 14.9 Å². The first-order valence-corrected chi connectivity index (χ1v) is 10.3. The zero-order valence-electron chi connectivity index (χ0n) is 16.9. The number of carbonyl (C=O) groups excluding carboxylic acids is 1. The Morgan fingerprint density at radius 3 is 1.87 bits per heavy atom. The van der Waals surface area contributed by atoms with Gasteiger partial charge in [-0.2, -0.15) is 0 Å². The summed E-state index contributed by atoms with van der Waals surface area (Å²) in [5.41, 5.74) is 3.36. The number of rotatable bonds is 5. The number of hydrogen-bond acceptors (Lipinski definition) is 2. The molecule has 0 unspecified atom stereocenters. The Morgan fingerprint density at radius 2 is 1.33 bits per heavy atom. The Morgan fingerprint density at radius 1 is 0.800 bits per heavy atom. The van der Waals surface area contributed by atoms with Crippen LogP contribution in [0.15, 0.2) is 84.9 Å². The monoisotopic (exact) mass is 403 g/mol. The SMILES string of the molecule is O=C(NCC(c1ccccc1)c1ccccc1)N1CCN(c2ccc(F)cc2)CC1. The van der Waals surface area contributed by atoms with Gasteiger partial charge in [0.2, 0.25) is 0 Å². The summed E-state index contributed by atoms with van der Waals surface area (Å²) in [6.45, 7) is 3.31. The van der Waals surface area contributed by atoms with Gasteiger partial charge in [0.25, 0.3) is 0 Å². The average molecular weight is 404 g/mol. The molecule has 1 aliphatic heterocycles. The second kappa shape index (κ2) is 9.44. The Balaban J connectivity index is 1.36. The van der Waals surface area contributed by atoms with Crippen molar-refractivity contribution in [3.63, 3.8) is 0 Å². The minimum absolute atomic E-state index is 0.0365. The fourth-order valence-electron chi connectivity index (χ4n) is 3.92. The highest BCUT2D eigenvalue weighted by atomic mass is 19.1. The van der Waals surface area contributed by atoms with Crippen LogP contribution in [0, 0.1) is 5.82 Å². The van der Waals surface area contributed by atoms with E-state index in [0.717, 1.165) is 18.8 Å². The molecule has 0 radical (unpaired) electrons. The summed E-state index contributed by atoms with van der Waals surface area (Å²) >= 11 is 0. The maximum Gasteiger partial charge on any atom is 0.317 e. The van der Waals surface area contributed by atoms with Crippen LogP contribution in [-0.4, -0.2) is 43.7 Å². The molecule has 30 heavy (non-hydrogen) atoms. The van der Waals surface area contributed by atoms with E-state index in [4.69, 9.17) is 0 Å². The number of amides is 2. The quantitative estimate of drug-likeness (QED) is 0.681. The van der Waals surface area contributed by atoms with Gasteiger partial charge >= 0.3 is 6.03 Å². The lowest BCUT2D eigenvalue weighted by Gasteiger charge is -2.36. The first-order valence-electron chi connectivity index (χ1n) is 10.3. The van der Waals surface area contributed by atoms with Gasteiger partial charge in [-0.15, -0.1) is 0 Å². The van der Waals surface area contributed by atoms with E-state index in [1.807, 2.05) is 41.3 Å². The zero-order chi connectivity index (χ0) is 20.8. The van der Waals surface area contributed by atoms with Gasteiger partial charge in [-0.25, -0.2) is 9.18 Å². The van der Waals surface area contributed by atoms with Crippen molar-refractivity contribution < 1.29 is 9.18 Å². The van der Waals surface area contributed by atoms with Gasteiger partial charge < -0.3 is 15.1 Å². The highest BCUT2D eigenvalue weighted by molar-refractivity contribution is 5.74. The molecule has 1 saturated heterocycles. The molecule has 1 aliphatic rings. The first-order chi connectivity index (χ1) is 14.7. The maximum absolute atomic E-state index is 13.1. The normalized spacial score (nSPS) is 14.1. The van der Waals surface area contributed by atoms with Crippen LogP contribution in [0.1, 0.15) is 17.0 Å². The van der Waals surface area contributed by atoms with Crippen molar-refractivity contribution in [3.8, 4) is 0 Å². The van der Waals surface area contributed by atoms with E-state index < -0.39 is 0 Å². The lowest BCUT2D eigenvalue weighted by molar-refractivity contribution is 0.194. The van der Waals surface area contributed by atoms with Crippen LogP contribution >= 0.6 is 0 Å². The smallest absolute Gasteiger partial charge is 0.317 e. The van der Waals surface area contributed by atoms with Gasteiger partial charge in [-0.1, -0.05) is 60.7 Å². The molecule has 0 atom stereocenters. The molecule has 1 N–H and O–H groups in total. The van der Waals surface area contributed by atoms with Crippen molar-refractivity contribution in [2.45, 2.75) is 5.92 Å². The van der Waals surface area contributed by atoms with Crippen LogP contribution in [0.5, 0.6) is 0 Å². The van der Waals surface area contributed by atoms with Crippen molar-refractivity contribution >= 4 is 11.7 Å². The molecule has 0 saturated carbocycles. The second-order valence-electron chi connectivity index (χ2n) is 7.51. The standard InChI is InChI=1S/C25H26FN3O/c26-22-11-13-23(14-12-22)28-15-17-29(18-16-28)25(30)27-19-24(20-7-3-1-4-8-20)21-9-5-2-6-10-21/h1-14,24H,15-19H2,(H,27,30). The van der Waals surface area contributed by atoms with Gasteiger partial charge in [-0.3, -0.25) is 0 Å². The highest BCUT2D eigenvalue weighted by Crippen LogP contribution is 2.24. The van der Waals surface area contributed by atoms with E-state index >= 15 is 0 Å². The largest absolute Gasteiger partial charge is 0.368 e. The number of benzene rings is 3. The summed E-state index contributed by atoms with van der Waals surface area (Å²) in [4.78, 5) is 16.8. The number of anilines is 1. The van der Waals surface area contributed by atoms with Crippen molar-refractivity contribution in [1.82, 2.24) is 10.2 Å². The van der Waals surface area contributed by atoms with Gasteiger partial charge in [-0.05, 0) is 35.4 Å². The topological polar surface area (TPSA) is 35.6 Å². The van der Waals surface area contributed by atoms with Crippen molar-refractivity contribution in [1.29, 1.82) is 0 Å². The second-order valence-corrected chi connectivity index (χ2v) is 7.51. The molecule has 0 spiro atoms. The first kappa shape index (κ1) is 20.0. The number of hydrogen-bond donors (Lipinski definition) is 1. The van der Waals surface area contributed by atoms with E-state index in [9.17, 15) is 9.18 Å². The Hall–Kier alpha value is -3.34. The van der Waals surface area contributed by atoms with E-state index in [2.05, 4.69) is 34.5 Å². The van der Waals surface area contributed by atoms with Crippen LogP contribution in [0.25, 0.3) is 0 Å². The predicted octanol–water partition coefficient (Wildman–Crippen LogP) is 4.49. The molecular formula is C25H26FN3O. The summed E-state index contributed by atoms with van der Waals surface area (Å²) in [6, 6.07) is 27.0. The molecule has 154 valence electrons. The van der Waals surface area contributed by atoms with Crippen molar-refractivity contribution in [2.75, 3.05) is 37.6 Å². The summed E-state index contributed by atoms with van der Waals surface area (Å²) in [5, 5.41) is 3.13. The van der Waals surface area contributed by atoms with E-state index in [0.29, 0.717) is 19.6 Å². The van der Waals surface area contributed by atoms with Gasteiger partial charge in [0, 0.05) is 44.3 Å². The van der Waals surface area contributed by atoms with E-state index in [1.165, 1.54) is 23.3 Å². The van der Waals surface area contributed by atoms with Crippen LogP contribution in [-0.2, 0) is 0 Å². The third-order valence-electron chi connectivity index (χ3n) is 5.62. The Kier molecular flexibility index (Phi) is 6.28. The molecule has 1 fully saturated rings. The molecule has 0 aliphatic carbocycles. The van der Waals surface area contributed by atoms with Crippen LogP contribution < -0.4 is 10.2 Å². The fraction of sp³-hybridized carbons (Fsp3) is 0.240. The molecule has 2 amide bonds. The van der Waals surface area contributed by atoms with Gasteiger partial charge in [0.05, 0.1) is 0 Å². The molecule has 4 nitrogen and oxygen atoms in total. The zero-order valence-corrected chi connectivity index (χ0v) is 16.9. The summed E-state index contributed by atoms with van der Waals surface area (Å²) < 4.78 is 13.1. The van der Waals surface area contributed by atoms with Crippen molar-refractivity contribution in [2.24, 2.45) is 0 Å². The van der Waals surface area contributed by atoms with Gasteiger partial charge in [0.1, 0.15) is 5.82 Å². The Labute approximate surface area is 176 Å². The summed E-state index contributed by atoms with van der Waals surface area (Å²) in [6.07, 6.45) is 0. The third kappa shape index (κ3) is 4.79. The number of nitrogens with zero attached hydrogens (tertiary/aromatic N) is 2. The molecule has 4 rings (SSSR count). The number of piperazine rings is 1. The molecule has 0 bridgehead atoms. The minimum Gasteiger partial charge on any atom is -0.368 e. The lowest BCUT2D eigenvalue weighted by Crippen LogP contribution is -2.52. The van der Waals surface area contributed by atoms with E-state index in [1.54, 1.807) is 12.1 Å². The maximum atomic E-state index is 13.1. The molecule has 1 heterocycles. The third-order valence-corrected chi connectivity index (χ3v) is 5.62. The number of urea groups is 1. The fourth-order valence-corrected chi connectivity index (χ4v) is 3.92. The van der Waals surface area contributed by atoms with Crippen molar-refractivity contribution in [3.05, 3.63) is 102 Å². The summed E-state index contributed by atoms with van der Waals surface area (Å²) in [7, 11) is 0. The predicted molar refractivity (Wildman–Crippen MR) is 118 cm³/mol.